The molecule has 10 nitrogen and oxygen atoms in total. The van der Waals surface area contributed by atoms with Crippen LogP contribution >= 0.6 is 11.8 Å². The molecule has 1 aromatic rings. The lowest BCUT2D eigenvalue weighted by atomic mass is 9.93. The number of benzene rings is 1. The van der Waals surface area contributed by atoms with Gasteiger partial charge >= 0.3 is 11.9 Å². The van der Waals surface area contributed by atoms with Crippen molar-refractivity contribution in [1.82, 2.24) is 9.80 Å². The zero-order valence-corrected chi connectivity index (χ0v) is 23.8. The average Bonchev–Trinajstić information content (AvgIpc) is 3.33. The number of hydrogen-bond donors (Lipinski definition) is 0. The number of piperidine rings is 1. The molecule has 0 bridgehead atoms. The molecule has 210 valence electrons. The number of rotatable bonds is 9. The molecule has 3 aliphatic heterocycles. The Morgan fingerprint density at radius 1 is 1.08 bits per heavy atom. The van der Waals surface area contributed by atoms with Crippen LogP contribution in [-0.4, -0.2) is 73.3 Å². The minimum absolute atomic E-state index is 0.0906. The molecule has 3 heterocycles. The first kappa shape index (κ1) is 28.5. The van der Waals surface area contributed by atoms with Gasteiger partial charge < -0.3 is 28.7 Å². The van der Waals surface area contributed by atoms with Crippen LogP contribution in [0, 0.1) is 5.92 Å². The highest BCUT2D eigenvalue weighted by Gasteiger charge is 2.42. The summed E-state index contributed by atoms with van der Waals surface area (Å²) in [5.74, 6) is -0.0499. The van der Waals surface area contributed by atoms with Crippen LogP contribution < -0.4 is 9.47 Å². The second kappa shape index (κ2) is 12.6. The number of amidine groups is 1. The van der Waals surface area contributed by atoms with Gasteiger partial charge in [0.2, 0.25) is 5.91 Å². The van der Waals surface area contributed by atoms with Gasteiger partial charge in [-0.05, 0) is 56.7 Å². The van der Waals surface area contributed by atoms with Crippen LogP contribution in [-0.2, 0) is 23.9 Å². The molecule has 0 saturated carbocycles. The van der Waals surface area contributed by atoms with E-state index < -0.39 is 12.0 Å². The molecule has 1 amide bonds. The van der Waals surface area contributed by atoms with Crippen molar-refractivity contribution in [3.8, 4) is 11.5 Å². The van der Waals surface area contributed by atoms with Gasteiger partial charge in [0.15, 0.2) is 16.7 Å². The van der Waals surface area contributed by atoms with E-state index in [4.69, 9.17) is 23.9 Å². The van der Waals surface area contributed by atoms with E-state index in [0.29, 0.717) is 54.1 Å². The lowest BCUT2D eigenvalue weighted by Crippen LogP contribution is -2.44. The van der Waals surface area contributed by atoms with Gasteiger partial charge in [-0.15, -0.1) is 0 Å². The minimum atomic E-state index is -0.584. The lowest BCUT2D eigenvalue weighted by Gasteiger charge is -2.37. The van der Waals surface area contributed by atoms with E-state index in [9.17, 15) is 14.4 Å². The smallest absolute Gasteiger partial charge is 0.338 e. The maximum absolute atomic E-state index is 13.5. The first-order valence-corrected chi connectivity index (χ1v) is 14.0. The number of likely N-dealkylation sites (tertiary alicyclic amines) is 1. The molecule has 0 spiro atoms. The Morgan fingerprint density at radius 2 is 1.82 bits per heavy atom. The topological polar surface area (TPSA) is 107 Å². The summed E-state index contributed by atoms with van der Waals surface area (Å²) in [7, 11) is 3.12. The second-order valence-electron chi connectivity index (χ2n) is 9.34. The zero-order chi connectivity index (χ0) is 28.1. The standard InChI is InChI=1S/C28H35N3O7S/c1-6-37-26(33)19-9-8-12-30(15-19)23(32)14-20-16-39-28-29-17(3)24(27(34)38-7-2)25(31(20)28)18-10-11-21(35-4)22(13-18)36-5/h10-11,13,16,19,25H,6-9,12,14-15H2,1-5H3/t19-,25-/m0/s1. The summed E-state index contributed by atoms with van der Waals surface area (Å²) in [5.41, 5.74) is 2.44. The first-order valence-electron chi connectivity index (χ1n) is 13.1. The van der Waals surface area contributed by atoms with Crippen molar-refractivity contribution < 1.29 is 33.3 Å². The van der Waals surface area contributed by atoms with E-state index in [1.165, 1.54) is 11.8 Å². The zero-order valence-electron chi connectivity index (χ0n) is 23.0. The highest BCUT2D eigenvalue weighted by molar-refractivity contribution is 8.16. The molecule has 0 N–H and O–H groups in total. The van der Waals surface area contributed by atoms with Crippen LogP contribution in [0.25, 0.3) is 0 Å². The number of carbonyl (C=O) groups is 3. The number of thioether (sulfide) groups is 1. The molecule has 1 aromatic carbocycles. The largest absolute Gasteiger partial charge is 0.493 e. The van der Waals surface area contributed by atoms with Crippen LogP contribution in [0.5, 0.6) is 11.5 Å². The van der Waals surface area contributed by atoms with Crippen molar-refractivity contribution in [2.45, 2.75) is 46.1 Å². The number of fused-ring (bicyclic) bond motifs is 1. The summed E-state index contributed by atoms with van der Waals surface area (Å²) in [6.07, 6.45) is 1.54. The van der Waals surface area contributed by atoms with Gasteiger partial charge in [-0.1, -0.05) is 17.8 Å². The van der Waals surface area contributed by atoms with Crippen molar-refractivity contribution in [2.24, 2.45) is 10.9 Å². The monoisotopic (exact) mass is 557 g/mol. The molecule has 11 heteroatoms. The third-order valence-corrected chi connectivity index (χ3v) is 7.83. The van der Waals surface area contributed by atoms with Gasteiger partial charge in [0, 0.05) is 18.8 Å². The fraction of sp³-hybridized carbons (Fsp3) is 0.500. The molecule has 0 radical (unpaired) electrons. The molecule has 2 atom stereocenters. The minimum Gasteiger partial charge on any atom is -0.493 e. The second-order valence-corrected chi connectivity index (χ2v) is 10.2. The number of nitrogens with zero attached hydrogens (tertiary/aromatic N) is 3. The quantitative estimate of drug-likeness (QED) is 0.416. The fourth-order valence-electron chi connectivity index (χ4n) is 5.10. The fourth-order valence-corrected chi connectivity index (χ4v) is 6.07. The van der Waals surface area contributed by atoms with E-state index in [1.807, 2.05) is 22.4 Å². The molecule has 4 rings (SSSR count). The molecule has 3 aliphatic rings. The Kier molecular flexibility index (Phi) is 9.21. The molecule has 0 unspecified atom stereocenters. The number of amides is 1. The normalized spacial score (nSPS) is 20.6. The number of allylic oxidation sites excluding steroid dienone is 1. The van der Waals surface area contributed by atoms with Gasteiger partial charge in [0.05, 0.1) is 57.1 Å². The van der Waals surface area contributed by atoms with E-state index in [-0.39, 0.29) is 30.8 Å². The third kappa shape index (κ3) is 5.93. The number of methoxy groups -OCH3 is 2. The molecular weight excluding hydrogens is 522 g/mol. The molecule has 0 aliphatic carbocycles. The van der Waals surface area contributed by atoms with Crippen molar-refractivity contribution in [2.75, 3.05) is 40.5 Å². The maximum atomic E-state index is 13.5. The van der Waals surface area contributed by atoms with Crippen LogP contribution in [0.4, 0.5) is 0 Å². The maximum Gasteiger partial charge on any atom is 0.338 e. The van der Waals surface area contributed by atoms with Gasteiger partial charge in [0.25, 0.3) is 0 Å². The van der Waals surface area contributed by atoms with Crippen LogP contribution in [0.2, 0.25) is 0 Å². The highest BCUT2D eigenvalue weighted by Crippen LogP contribution is 2.46. The predicted molar refractivity (Wildman–Crippen MR) is 147 cm³/mol. The van der Waals surface area contributed by atoms with Crippen LogP contribution in [0.15, 0.2) is 45.6 Å². The predicted octanol–water partition coefficient (Wildman–Crippen LogP) is 4.03. The number of esters is 2. The molecule has 39 heavy (non-hydrogen) atoms. The van der Waals surface area contributed by atoms with Gasteiger partial charge in [-0.2, -0.15) is 0 Å². The van der Waals surface area contributed by atoms with E-state index in [2.05, 4.69) is 0 Å². The summed E-state index contributed by atoms with van der Waals surface area (Å²) < 4.78 is 21.6. The summed E-state index contributed by atoms with van der Waals surface area (Å²) in [5, 5.41) is 2.57. The number of aliphatic imine (C=N–C) groups is 1. The first-order chi connectivity index (χ1) is 18.8. The van der Waals surface area contributed by atoms with Gasteiger partial charge in [-0.3, -0.25) is 9.59 Å². The molecule has 0 aromatic heterocycles. The Labute approximate surface area is 233 Å². The number of carbonyl (C=O) groups excluding carboxylic acids is 3. The summed E-state index contributed by atoms with van der Waals surface area (Å²) in [6.45, 7) is 6.79. The van der Waals surface area contributed by atoms with Crippen molar-refractivity contribution in [3.05, 3.63) is 46.1 Å². The van der Waals surface area contributed by atoms with Crippen LogP contribution in [0.3, 0.4) is 0 Å². The molecular formula is C28H35N3O7S. The molecule has 1 fully saturated rings. The lowest BCUT2D eigenvalue weighted by molar-refractivity contribution is -0.151. The van der Waals surface area contributed by atoms with E-state index in [0.717, 1.165) is 17.7 Å². The number of ether oxygens (including phenoxy) is 4. The van der Waals surface area contributed by atoms with Gasteiger partial charge in [-0.25, -0.2) is 9.79 Å². The SMILES string of the molecule is CCOC(=O)C1=C(C)N=C2SC=C(CC(=O)N3CCC[C@H](C(=O)OCC)C3)N2[C@H]1c1ccc(OC)c(OC)c1. The summed E-state index contributed by atoms with van der Waals surface area (Å²) >= 11 is 1.41. The van der Waals surface area contributed by atoms with Gasteiger partial charge in [0.1, 0.15) is 0 Å². The van der Waals surface area contributed by atoms with Crippen molar-refractivity contribution in [1.29, 1.82) is 0 Å². The van der Waals surface area contributed by atoms with Crippen molar-refractivity contribution >= 4 is 34.8 Å². The Balaban J connectivity index is 1.65. The third-order valence-electron chi connectivity index (χ3n) is 6.95. The highest BCUT2D eigenvalue weighted by atomic mass is 32.2. The summed E-state index contributed by atoms with van der Waals surface area (Å²) in [4.78, 5) is 47.4. The van der Waals surface area contributed by atoms with Crippen LogP contribution in [0.1, 0.15) is 51.6 Å². The Bertz CT molecular complexity index is 1230. The Hall–Kier alpha value is -3.47. The number of hydrogen-bond acceptors (Lipinski definition) is 10. The van der Waals surface area contributed by atoms with E-state index in [1.54, 1.807) is 46.0 Å². The van der Waals surface area contributed by atoms with Crippen molar-refractivity contribution in [3.63, 3.8) is 0 Å². The summed E-state index contributed by atoms with van der Waals surface area (Å²) in [6, 6.07) is 4.91. The van der Waals surface area contributed by atoms with E-state index >= 15 is 0 Å². The average molecular weight is 558 g/mol. The molecule has 1 saturated heterocycles. The Morgan fingerprint density at radius 3 is 2.51 bits per heavy atom.